The fourth-order valence-electron chi connectivity index (χ4n) is 1.69. The summed E-state index contributed by atoms with van der Waals surface area (Å²) in [6.45, 7) is 0.633. The molecule has 0 spiro atoms. The number of rotatable bonds is 3. The Kier molecular flexibility index (Phi) is 3.69. The topological polar surface area (TPSA) is 85.0 Å². The molecule has 0 aliphatic carbocycles. The third kappa shape index (κ3) is 2.39. The predicted octanol–water partition coefficient (Wildman–Crippen LogP) is -0.260. The van der Waals surface area contributed by atoms with E-state index in [4.69, 9.17) is 20.3 Å². The second-order valence-corrected chi connectivity index (χ2v) is 4.01. The van der Waals surface area contributed by atoms with Crippen molar-refractivity contribution in [2.45, 2.75) is 6.04 Å². The zero-order valence-corrected chi connectivity index (χ0v) is 10.1. The van der Waals surface area contributed by atoms with Crippen molar-refractivity contribution in [3.05, 3.63) is 18.2 Å². The lowest BCUT2D eigenvalue weighted by molar-refractivity contribution is -0.120. The van der Waals surface area contributed by atoms with Crippen molar-refractivity contribution in [1.29, 1.82) is 0 Å². The fraction of sp³-hybridized carbons (Fsp3) is 0.417. The molecule has 0 saturated heterocycles. The quantitative estimate of drug-likeness (QED) is 0.774. The van der Waals surface area contributed by atoms with Gasteiger partial charge in [-0.05, 0) is 12.1 Å². The molecule has 1 unspecified atom stereocenters. The van der Waals surface area contributed by atoms with E-state index in [1.54, 1.807) is 25.2 Å². The van der Waals surface area contributed by atoms with Gasteiger partial charge in [0.15, 0.2) is 11.5 Å². The molecule has 1 aliphatic rings. The number of nitrogens with zero attached hydrogens (tertiary/aromatic N) is 1. The van der Waals surface area contributed by atoms with Crippen LogP contribution in [0.15, 0.2) is 18.2 Å². The summed E-state index contributed by atoms with van der Waals surface area (Å²) >= 11 is 0. The van der Waals surface area contributed by atoms with Crippen LogP contribution in [0, 0.1) is 0 Å². The molecule has 0 bridgehead atoms. The lowest BCUT2D eigenvalue weighted by Crippen LogP contribution is -2.44. The zero-order valence-electron chi connectivity index (χ0n) is 10.1. The van der Waals surface area contributed by atoms with Gasteiger partial charge in [-0.15, -0.1) is 0 Å². The van der Waals surface area contributed by atoms with Gasteiger partial charge in [-0.1, -0.05) is 0 Å². The minimum atomic E-state index is -0.914. The first-order valence-corrected chi connectivity index (χ1v) is 5.67. The zero-order chi connectivity index (χ0) is 13.1. The maximum atomic E-state index is 11.8. The number of aliphatic hydroxyl groups is 1. The molecule has 0 aromatic heterocycles. The van der Waals surface area contributed by atoms with Crippen LogP contribution in [-0.4, -0.2) is 43.9 Å². The van der Waals surface area contributed by atoms with E-state index >= 15 is 0 Å². The number of ether oxygens (including phenoxy) is 2. The van der Waals surface area contributed by atoms with Gasteiger partial charge in [0, 0.05) is 18.8 Å². The maximum Gasteiger partial charge on any atom is 0.246 e. The van der Waals surface area contributed by atoms with Crippen LogP contribution in [0.5, 0.6) is 11.5 Å². The molecule has 1 amide bonds. The van der Waals surface area contributed by atoms with Gasteiger partial charge in [-0.3, -0.25) is 4.79 Å². The number of benzene rings is 1. The number of anilines is 1. The molecule has 1 aromatic rings. The van der Waals surface area contributed by atoms with E-state index in [1.165, 1.54) is 4.90 Å². The standard InChI is InChI=1S/C12H16N2O4/c1-14(12(16)9(13)7-15)8-2-3-10-11(6-8)18-5-4-17-10/h2-3,6,9,15H,4-5,7,13H2,1H3. The number of likely N-dealkylation sites (N-methyl/N-ethyl adjacent to an activating group) is 1. The minimum Gasteiger partial charge on any atom is -0.486 e. The third-order valence-electron chi connectivity index (χ3n) is 2.76. The van der Waals surface area contributed by atoms with Gasteiger partial charge in [-0.25, -0.2) is 0 Å². The van der Waals surface area contributed by atoms with Crippen molar-refractivity contribution in [2.75, 3.05) is 31.8 Å². The Hall–Kier alpha value is -1.79. The van der Waals surface area contributed by atoms with Gasteiger partial charge in [-0.2, -0.15) is 0 Å². The summed E-state index contributed by atoms with van der Waals surface area (Å²) in [6.07, 6.45) is 0. The molecule has 1 atom stereocenters. The van der Waals surface area contributed by atoms with Gasteiger partial charge in [0.2, 0.25) is 5.91 Å². The van der Waals surface area contributed by atoms with E-state index in [-0.39, 0.29) is 12.5 Å². The van der Waals surface area contributed by atoms with E-state index in [1.807, 2.05) is 0 Å². The van der Waals surface area contributed by atoms with Crippen molar-refractivity contribution in [2.24, 2.45) is 5.73 Å². The normalized spacial score (nSPS) is 15.1. The highest BCUT2D eigenvalue weighted by Gasteiger charge is 2.20. The van der Waals surface area contributed by atoms with E-state index in [2.05, 4.69) is 0 Å². The number of carbonyl (C=O) groups excluding carboxylic acids is 1. The first-order chi connectivity index (χ1) is 8.63. The molecular formula is C12H16N2O4. The van der Waals surface area contributed by atoms with Crippen LogP contribution in [0.2, 0.25) is 0 Å². The van der Waals surface area contributed by atoms with Gasteiger partial charge in [0.1, 0.15) is 19.3 Å². The van der Waals surface area contributed by atoms with Crippen LogP contribution in [-0.2, 0) is 4.79 Å². The summed E-state index contributed by atoms with van der Waals surface area (Å²) in [5.74, 6) is 0.919. The molecule has 0 saturated carbocycles. The van der Waals surface area contributed by atoms with Gasteiger partial charge in [0.05, 0.1) is 6.61 Å². The summed E-state index contributed by atoms with van der Waals surface area (Å²) in [6, 6.07) is 4.30. The number of fused-ring (bicyclic) bond motifs is 1. The van der Waals surface area contributed by atoms with E-state index in [0.29, 0.717) is 30.4 Å². The molecule has 3 N–H and O–H groups in total. The van der Waals surface area contributed by atoms with Crippen LogP contribution < -0.4 is 20.1 Å². The lowest BCUT2D eigenvalue weighted by atomic mass is 10.2. The Labute approximate surface area is 105 Å². The second kappa shape index (κ2) is 5.24. The number of hydrogen-bond donors (Lipinski definition) is 2. The van der Waals surface area contributed by atoms with E-state index in [9.17, 15) is 4.79 Å². The van der Waals surface area contributed by atoms with Crippen molar-refractivity contribution < 1.29 is 19.4 Å². The lowest BCUT2D eigenvalue weighted by Gasteiger charge is -2.23. The summed E-state index contributed by atoms with van der Waals surface area (Å²) in [5.41, 5.74) is 6.14. The first kappa shape index (κ1) is 12.7. The number of aliphatic hydroxyl groups excluding tert-OH is 1. The molecule has 0 radical (unpaired) electrons. The Bertz CT molecular complexity index is 450. The fourth-order valence-corrected chi connectivity index (χ4v) is 1.69. The monoisotopic (exact) mass is 252 g/mol. The Morgan fingerprint density at radius 1 is 1.44 bits per heavy atom. The van der Waals surface area contributed by atoms with Crippen molar-refractivity contribution in [3.63, 3.8) is 0 Å². The second-order valence-electron chi connectivity index (χ2n) is 4.01. The molecule has 18 heavy (non-hydrogen) atoms. The van der Waals surface area contributed by atoms with Crippen LogP contribution >= 0.6 is 0 Å². The number of carbonyl (C=O) groups is 1. The average Bonchev–Trinajstić information content (AvgIpc) is 2.44. The van der Waals surface area contributed by atoms with E-state index in [0.717, 1.165) is 0 Å². The van der Waals surface area contributed by atoms with Crippen LogP contribution in [0.3, 0.4) is 0 Å². The Balaban J connectivity index is 2.20. The third-order valence-corrected chi connectivity index (χ3v) is 2.76. The predicted molar refractivity (Wildman–Crippen MR) is 65.9 cm³/mol. The summed E-state index contributed by atoms with van der Waals surface area (Å²) in [5, 5.41) is 8.88. The smallest absolute Gasteiger partial charge is 0.246 e. The molecule has 2 rings (SSSR count). The van der Waals surface area contributed by atoms with Crippen LogP contribution in [0.25, 0.3) is 0 Å². The molecule has 6 heteroatoms. The molecule has 1 aromatic carbocycles. The Morgan fingerprint density at radius 3 is 2.78 bits per heavy atom. The Morgan fingerprint density at radius 2 is 2.11 bits per heavy atom. The average molecular weight is 252 g/mol. The van der Waals surface area contributed by atoms with Gasteiger partial charge >= 0.3 is 0 Å². The first-order valence-electron chi connectivity index (χ1n) is 5.67. The molecular weight excluding hydrogens is 236 g/mol. The van der Waals surface area contributed by atoms with Crippen LogP contribution in [0.1, 0.15) is 0 Å². The summed E-state index contributed by atoms with van der Waals surface area (Å²) < 4.78 is 10.8. The molecule has 98 valence electrons. The highest BCUT2D eigenvalue weighted by atomic mass is 16.6. The van der Waals surface area contributed by atoms with Crippen molar-refractivity contribution in [1.82, 2.24) is 0 Å². The maximum absolute atomic E-state index is 11.8. The molecule has 1 aliphatic heterocycles. The van der Waals surface area contributed by atoms with E-state index < -0.39 is 6.04 Å². The van der Waals surface area contributed by atoms with Crippen LogP contribution in [0.4, 0.5) is 5.69 Å². The number of hydrogen-bond acceptors (Lipinski definition) is 5. The van der Waals surface area contributed by atoms with Gasteiger partial charge in [0.25, 0.3) is 0 Å². The molecule has 6 nitrogen and oxygen atoms in total. The highest BCUT2D eigenvalue weighted by Crippen LogP contribution is 2.33. The van der Waals surface area contributed by atoms with Gasteiger partial charge < -0.3 is 25.2 Å². The minimum absolute atomic E-state index is 0.353. The number of nitrogens with two attached hydrogens (primary N) is 1. The number of amides is 1. The van der Waals surface area contributed by atoms with Crippen molar-refractivity contribution >= 4 is 11.6 Å². The van der Waals surface area contributed by atoms with Crippen molar-refractivity contribution in [3.8, 4) is 11.5 Å². The summed E-state index contributed by atoms with van der Waals surface area (Å²) in [7, 11) is 1.60. The highest BCUT2D eigenvalue weighted by molar-refractivity contribution is 5.96. The summed E-state index contributed by atoms with van der Waals surface area (Å²) in [4.78, 5) is 13.2. The largest absolute Gasteiger partial charge is 0.486 e. The molecule has 1 heterocycles. The molecule has 0 fully saturated rings. The SMILES string of the molecule is CN(C(=O)C(N)CO)c1ccc2c(c1)OCCO2.